The number of halogens is 1. The average Bonchev–Trinajstić information content (AvgIpc) is 3.34. The average molecular weight is 437 g/mol. The van der Waals surface area contributed by atoms with Crippen LogP contribution in [0.25, 0.3) is 15.9 Å². The summed E-state index contributed by atoms with van der Waals surface area (Å²) >= 11 is 1.37. The number of likely N-dealkylation sites (N-methyl/N-ethyl adjacent to an activating group) is 1. The molecule has 0 N–H and O–H groups in total. The van der Waals surface area contributed by atoms with Gasteiger partial charge in [0.1, 0.15) is 17.3 Å². The molecule has 2 aromatic heterocycles. The Bertz CT molecular complexity index is 1270. The minimum Gasteiger partial charge on any atom is -0.486 e. The molecular weight excluding hydrogens is 417 g/mol. The van der Waals surface area contributed by atoms with Crippen molar-refractivity contribution < 1.29 is 18.7 Å². The summed E-state index contributed by atoms with van der Waals surface area (Å²) in [7, 11) is 1.76. The largest absolute Gasteiger partial charge is 0.486 e. The number of nitrogens with zero attached hydrogens (tertiary/aromatic N) is 3. The number of hydrogen-bond donors (Lipinski definition) is 0. The van der Waals surface area contributed by atoms with E-state index >= 15 is 0 Å². The van der Waals surface area contributed by atoms with Crippen LogP contribution in [0.4, 0.5) is 4.39 Å². The van der Waals surface area contributed by atoms with Crippen LogP contribution in [0.15, 0.2) is 54.6 Å². The van der Waals surface area contributed by atoms with E-state index in [0.717, 1.165) is 27.3 Å². The molecule has 0 bridgehead atoms. The van der Waals surface area contributed by atoms with E-state index in [-0.39, 0.29) is 17.8 Å². The third-order valence-electron chi connectivity index (χ3n) is 5.22. The standard InChI is InChI=1S/C23H20FN3O3S/c1-14-18-11-21(31-23(18)27(25-14)16-9-7-15(24)8-10-16)22(28)26(2)12-17-13-29-19-5-3-4-6-20(19)30-17/h3-11,17H,12-13H2,1-2H3. The van der Waals surface area contributed by atoms with Crippen molar-refractivity contribution in [3.63, 3.8) is 0 Å². The minimum atomic E-state index is -0.302. The molecule has 5 rings (SSSR count). The Morgan fingerprint density at radius 1 is 1.23 bits per heavy atom. The van der Waals surface area contributed by atoms with E-state index < -0.39 is 0 Å². The van der Waals surface area contributed by atoms with Crippen molar-refractivity contribution in [1.29, 1.82) is 0 Å². The maximum absolute atomic E-state index is 13.3. The lowest BCUT2D eigenvalue weighted by atomic mass is 10.2. The number of amides is 1. The second-order valence-corrected chi connectivity index (χ2v) is 8.52. The molecule has 8 heteroatoms. The van der Waals surface area contributed by atoms with Crippen molar-refractivity contribution in [2.45, 2.75) is 13.0 Å². The highest BCUT2D eigenvalue weighted by Gasteiger charge is 2.26. The molecule has 4 aromatic rings. The van der Waals surface area contributed by atoms with Gasteiger partial charge in [-0.2, -0.15) is 5.10 Å². The van der Waals surface area contributed by atoms with E-state index in [1.165, 1.54) is 23.5 Å². The van der Waals surface area contributed by atoms with Crippen LogP contribution >= 0.6 is 11.3 Å². The molecule has 1 amide bonds. The Kier molecular flexibility index (Phi) is 4.86. The molecule has 158 valence electrons. The molecule has 0 fully saturated rings. The van der Waals surface area contributed by atoms with Gasteiger partial charge in [-0.05, 0) is 49.4 Å². The summed E-state index contributed by atoms with van der Waals surface area (Å²) in [5.41, 5.74) is 1.57. The first kappa shape index (κ1) is 19.6. The highest BCUT2D eigenvalue weighted by atomic mass is 32.1. The van der Waals surface area contributed by atoms with Gasteiger partial charge in [0.15, 0.2) is 17.6 Å². The fourth-order valence-corrected chi connectivity index (χ4v) is 4.82. The Hall–Kier alpha value is -3.39. The molecule has 0 aliphatic carbocycles. The number of thiophene rings is 1. The molecule has 1 aliphatic rings. The van der Waals surface area contributed by atoms with Gasteiger partial charge in [-0.1, -0.05) is 12.1 Å². The van der Waals surface area contributed by atoms with E-state index in [1.54, 1.807) is 28.8 Å². The lowest BCUT2D eigenvalue weighted by Crippen LogP contribution is -2.41. The molecule has 2 aromatic carbocycles. The number of para-hydroxylation sites is 2. The van der Waals surface area contributed by atoms with Gasteiger partial charge in [0, 0.05) is 12.4 Å². The van der Waals surface area contributed by atoms with E-state index in [2.05, 4.69) is 5.10 Å². The summed E-state index contributed by atoms with van der Waals surface area (Å²) in [6.45, 7) is 2.70. The highest BCUT2D eigenvalue weighted by molar-refractivity contribution is 7.20. The second-order valence-electron chi connectivity index (χ2n) is 7.49. The van der Waals surface area contributed by atoms with Crippen LogP contribution in [-0.4, -0.2) is 46.9 Å². The fourth-order valence-electron chi connectivity index (χ4n) is 3.64. The zero-order chi connectivity index (χ0) is 21.5. The summed E-state index contributed by atoms with van der Waals surface area (Å²) in [4.78, 5) is 16.2. The minimum absolute atomic E-state index is 0.0892. The number of aromatic nitrogens is 2. The van der Waals surface area contributed by atoms with Crippen molar-refractivity contribution in [3.05, 3.63) is 71.0 Å². The number of fused-ring (bicyclic) bond motifs is 2. The van der Waals surface area contributed by atoms with E-state index in [0.29, 0.717) is 23.8 Å². The van der Waals surface area contributed by atoms with Gasteiger partial charge >= 0.3 is 0 Å². The predicted molar refractivity (Wildman–Crippen MR) is 117 cm³/mol. The Morgan fingerprint density at radius 2 is 1.97 bits per heavy atom. The maximum atomic E-state index is 13.3. The van der Waals surface area contributed by atoms with E-state index in [4.69, 9.17) is 9.47 Å². The molecule has 1 aliphatic heterocycles. The smallest absolute Gasteiger partial charge is 0.263 e. The maximum Gasteiger partial charge on any atom is 0.263 e. The van der Waals surface area contributed by atoms with Crippen molar-refractivity contribution in [3.8, 4) is 17.2 Å². The summed E-state index contributed by atoms with van der Waals surface area (Å²) in [5, 5.41) is 5.47. The third kappa shape index (κ3) is 3.63. The Morgan fingerprint density at radius 3 is 2.74 bits per heavy atom. The van der Waals surface area contributed by atoms with Gasteiger partial charge in [0.25, 0.3) is 5.91 Å². The topological polar surface area (TPSA) is 56.6 Å². The van der Waals surface area contributed by atoms with Crippen LogP contribution in [0.2, 0.25) is 0 Å². The summed E-state index contributed by atoms with van der Waals surface area (Å²) in [6.07, 6.45) is -0.241. The number of benzene rings is 2. The molecular formula is C23H20FN3O3S. The summed E-state index contributed by atoms with van der Waals surface area (Å²) in [5.74, 6) is 1.02. The first-order chi connectivity index (χ1) is 15.0. The van der Waals surface area contributed by atoms with Crippen molar-refractivity contribution >= 4 is 27.5 Å². The van der Waals surface area contributed by atoms with Crippen LogP contribution in [0.3, 0.4) is 0 Å². The number of ether oxygens (including phenoxy) is 2. The van der Waals surface area contributed by atoms with E-state index in [1.807, 2.05) is 37.3 Å². The van der Waals surface area contributed by atoms with Gasteiger partial charge in [0.2, 0.25) is 0 Å². The molecule has 31 heavy (non-hydrogen) atoms. The van der Waals surface area contributed by atoms with Crippen molar-refractivity contribution in [2.75, 3.05) is 20.2 Å². The second kappa shape index (κ2) is 7.70. The quantitative estimate of drug-likeness (QED) is 0.474. The lowest BCUT2D eigenvalue weighted by Gasteiger charge is -2.29. The van der Waals surface area contributed by atoms with Crippen molar-refractivity contribution in [2.24, 2.45) is 0 Å². The zero-order valence-corrected chi connectivity index (χ0v) is 17.9. The molecule has 6 nitrogen and oxygen atoms in total. The van der Waals surface area contributed by atoms with Gasteiger partial charge in [0.05, 0.1) is 22.8 Å². The number of rotatable bonds is 4. The van der Waals surface area contributed by atoms with Crippen LogP contribution in [0, 0.1) is 12.7 Å². The van der Waals surface area contributed by atoms with Crippen molar-refractivity contribution in [1.82, 2.24) is 14.7 Å². The van der Waals surface area contributed by atoms with Crippen LogP contribution in [0.1, 0.15) is 15.4 Å². The van der Waals surface area contributed by atoms with E-state index in [9.17, 15) is 9.18 Å². The first-order valence-corrected chi connectivity index (χ1v) is 10.7. The van der Waals surface area contributed by atoms with Crippen LogP contribution in [-0.2, 0) is 0 Å². The molecule has 3 heterocycles. The lowest BCUT2D eigenvalue weighted by molar-refractivity contribution is 0.0524. The SMILES string of the molecule is Cc1nn(-c2ccc(F)cc2)c2sc(C(=O)N(C)CC3COc4ccccc4O3)cc12. The number of hydrogen-bond acceptors (Lipinski definition) is 5. The Labute approximate surface area is 182 Å². The normalized spacial score (nSPS) is 15.3. The predicted octanol–water partition coefficient (Wildman–Crippen LogP) is 4.45. The molecule has 0 spiro atoms. The molecule has 1 atom stereocenters. The molecule has 1 unspecified atom stereocenters. The number of carbonyl (C=O) groups excluding carboxylic acids is 1. The summed E-state index contributed by atoms with van der Waals surface area (Å²) < 4.78 is 26.8. The number of aryl methyl sites for hydroxylation is 1. The summed E-state index contributed by atoms with van der Waals surface area (Å²) in [6, 6.07) is 15.5. The third-order valence-corrected chi connectivity index (χ3v) is 6.32. The molecule has 0 saturated heterocycles. The number of carbonyl (C=O) groups is 1. The first-order valence-electron chi connectivity index (χ1n) is 9.88. The molecule has 0 radical (unpaired) electrons. The Balaban J connectivity index is 1.36. The highest BCUT2D eigenvalue weighted by Crippen LogP contribution is 2.33. The van der Waals surface area contributed by atoms with Gasteiger partial charge in [-0.25, -0.2) is 9.07 Å². The molecule has 0 saturated carbocycles. The van der Waals surface area contributed by atoms with Gasteiger partial charge < -0.3 is 14.4 Å². The zero-order valence-electron chi connectivity index (χ0n) is 17.0. The fraction of sp³-hybridized carbons (Fsp3) is 0.217. The van der Waals surface area contributed by atoms with Crippen LogP contribution < -0.4 is 9.47 Å². The van der Waals surface area contributed by atoms with Gasteiger partial charge in [-0.15, -0.1) is 11.3 Å². The monoisotopic (exact) mass is 437 g/mol. The van der Waals surface area contributed by atoms with Gasteiger partial charge in [-0.3, -0.25) is 4.79 Å². The van der Waals surface area contributed by atoms with Crippen LogP contribution in [0.5, 0.6) is 11.5 Å².